The van der Waals surface area contributed by atoms with Gasteiger partial charge in [-0.2, -0.15) is 0 Å². The van der Waals surface area contributed by atoms with E-state index in [1.807, 2.05) is 13.8 Å². The van der Waals surface area contributed by atoms with Crippen LogP contribution < -0.4 is 23.8 Å². The number of methoxy groups -OCH3 is 2. The van der Waals surface area contributed by atoms with E-state index in [1.165, 1.54) is 37.3 Å². The highest BCUT2D eigenvalue weighted by molar-refractivity contribution is 7.92. The fraction of sp³-hybridized carbons (Fsp3) is 0.355. The Balaban J connectivity index is 2.08. The van der Waals surface area contributed by atoms with Gasteiger partial charge in [0.15, 0.2) is 11.5 Å². The summed E-state index contributed by atoms with van der Waals surface area (Å²) >= 11 is 12.3. The molecule has 0 heterocycles. The Morgan fingerprint density at radius 2 is 1.59 bits per heavy atom. The maximum atomic E-state index is 14.2. The van der Waals surface area contributed by atoms with Gasteiger partial charge in [0.05, 0.1) is 41.5 Å². The van der Waals surface area contributed by atoms with Gasteiger partial charge >= 0.3 is 0 Å². The number of carbonyl (C=O) groups is 2. The standard InChI is InChI=1S/C31H37Cl2N3O7S/c1-6-16-34-31(38)21(3)35(19-22-8-14-26(32)27(33)17-22)30(37)20-36(23-9-11-24(12-10-23)43-7-2)44(39,40)25-13-15-28(41-4)29(18-25)42-5/h8-15,17-18,21H,6-7,16,19-20H2,1-5H3,(H,34,38). The van der Waals surface area contributed by atoms with E-state index in [-0.39, 0.29) is 33.8 Å². The summed E-state index contributed by atoms with van der Waals surface area (Å²) in [4.78, 5) is 28.3. The third kappa shape index (κ3) is 8.49. The molecule has 3 aromatic carbocycles. The number of benzene rings is 3. The van der Waals surface area contributed by atoms with Crippen LogP contribution in [0.3, 0.4) is 0 Å². The van der Waals surface area contributed by atoms with Crippen molar-refractivity contribution in [3.63, 3.8) is 0 Å². The van der Waals surface area contributed by atoms with Crippen LogP contribution in [0.5, 0.6) is 17.2 Å². The van der Waals surface area contributed by atoms with Gasteiger partial charge in [-0.05, 0) is 74.4 Å². The minimum absolute atomic E-state index is 0.0239. The van der Waals surface area contributed by atoms with E-state index in [0.717, 1.165) is 4.31 Å². The fourth-order valence-electron chi connectivity index (χ4n) is 4.32. The second-order valence-electron chi connectivity index (χ2n) is 9.69. The molecule has 10 nitrogen and oxygen atoms in total. The number of sulfonamides is 1. The molecule has 3 aromatic rings. The molecule has 0 spiro atoms. The Labute approximate surface area is 268 Å². The molecule has 0 bridgehead atoms. The number of rotatable bonds is 15. The molecule has 0 saturated carbocycles. The van der Waals surface area contributed by atoms with E-state index in [4.69, 9.17) is 37.4 Å². The third-order valence-corrected chi connectivity index (χ3v) is 9.22. The van der Waals surface area contributed by atoms with Crippen molar-refractivity contribution in [1.29, 1.82) is 0 Å². The van der Waals surface area contributed by atoms with E-state index in [1.54, 1.807) is 49.4 Å². The topological polar surface area (TPSA) is 114 Å². The Bertz CT molecular complexity index is 1550. The Morgan fingerprint density at radius 3 is 2.18 bits per heavy atom. The molecule has 13 heteroatoms. The summed E-state index contributed by atoms with van der Waals surface area (Å²) in [5.74, 6) is 0.0844. The molecule has 0 fully saturated rings. The number of nitrogens with one attached hydrogen (secondary N) is 1. The first-order valence-corrected chi connectivity index (χ1v) is 16.1. The van der Waals surface area contributed by atoms with Crippen LogP contribution in [0.2, 0.25) is 10.0 Å². The summed E-state index contributed by atoms with van der Waals surface area (Å²) in [5.41, 5.74) is 0.826. The lowest BCUT2D eigenvalue weighted by atomic mass is 10.1. The zero-order valence-electron chi connectivity index (χ0n) is 25.3. The van der Waals surface area contributed by atoms with Crippen molar-refractivity contribution in [3.8, 4) is 17.2 Å². The van der Waals surface area contributed by atoms with Crippen LogP contribution in [-0.4, -0.2) is 65.1 Å². The average Bonchev–Trinajstić information content (AvgIpc) is 3.02. The lowest BCUT2D eigenvalue weighted by molar-refractivity contribution is -0.139. The lowest BCUT2D eigenvalue weighted by Gasteiger charge is -2.32. The molecule has 0 aliphatic heterocycles. The number of hydrogen-bond acceptors (Lipinski definition) is 7. The van der Waals surface area contributed by atoms with Gasteiger partial charge in [-0.25, -0.2) is 8.42 Å². The number of nitrogens with zero attached hydrogens (tertiary/aromatic N) is 2. The van der Waals surface area contributed by atoms with Crippen molar-refractivity contribution < 1.29 is 32.2 Å². The second kappa shape index (κ2) is 15.9. The highest BCUT2D eigenvalue weighted by Gasteiger charge is 2.33. The average molecular weight is 667 g/mol. The molecular formula is C31H37Cl2N3O7S. The van der Waals surface area contributed by atoms with Crippen molar-refractivity contribution >= 4 is 50.7 Å². The SMILES string of the molecule is CCCNC(=O)C(C)N(Cc1ccc(Cl)c(Cl)c1)C(=O)CN(c1ccc(OCC)cc1)S(=O)(=O)c1ccc(OC)c(OC)c1. The molecule has 1 N–H and O–H groups in total. The van der Waals surface area contributed by atoms with Crippen molar-refractivity contribution in [1.82, 2.24) is 10.2 Å². The first kappa shape index (κ1) is 34.8. The first-order chi connectivity index (χ1) is 21.0. The van der Waals surface area contributed by atoms with Gasteiger partial charge in [-0.3, -0.25) is 13.9 Å². The van der Waals surface area contributed by atoms with E-state index in [2.05, 4.69) is 5.32 Å². The molecule has 0 aliphatic rings. The number of halogens is 2. The molecule has 0 radical (unpaired) electrons. The smallest absolute Gasteiger partial charge is 0.264 e. The highest BCUT2D eigenvalue weighted by atomic mass is 35.5. The molecule has 3 rings (SSSR count). The van der Waals surface area contributed by atoms with Crippen LogP contribution in [0.4, 0.5) is 5.69 Å². The minimum atomic E-state index is -4.34. The summed E-state index contributed by atoms with van der Waals surface area (Å²) in [6, 6.07) is 14.5. The summed E-state index contributed by atoms with van der Waals surface area (Å²) < 4.78 is 45.5. The normalized spacial score (nSPS) is 11.8. The predicted octanol–water partition coefficient (Wildman–Crippen LogP) is 5.55. The number of amides is 2. The number of anilines is 1. The number of carbonyl (C=O) groups excluding carboxylic acids is 2. The van der Waals surface area contributed by atoms with Crippen LogP contribution >= 0.6 is 23.2 Å². The van der Waals surface area contributed by atoms with Crippen LogP contribution in [0.25, 0.3) is 0 Å². The quantitative estimate of drug-likeness (QED) is 0.226. The Hall–Kier alpha value is -3.67. The summed E-state index contributed by atoms with van der Waals surface area (Å²) in [6.45, 7) is 5.54. The number of ether oxygens (including phenoxy) is 3. The third-order valence-electron chi connectivity index (χ3n) is 6.71. The summed E-state index contributed by atoms with van der Waals surface area (Å²) in [6.07, 6.45) is 0.703. The molecule has 0 aliphatic carbocycles. The van der Waals surface area contributed by atoms with Crippen LogP contribution in [0.1, 0.15) is 32.8 Å². The van der Waals surface area contributed by atoms with E-state index in [9.17, 15) is 18.0 Å². The zero-order valence-corrected chi connectivity index (χ0v) is 27.6. The van der Waals surface area contributed by atoms with Crippen molar-refractivity contribution in [3.05, 3.63) is 76.3 Å². The van der Waals surface area contributed by atoms with Gasteiger partial charge < -0.3 is 24.4 Å². The van der Waals surface area contributed by atoms with Crippen LogP contribution in [0, 0.1) is 0 Å². The minimum Gasteiger partial charge on any atom is -0.494 e. The molecule has 2 amide bonds. The monoisotopic (exact) mass is 665 g/mol. The van der Waals surface area contributed by atoms with Gasteiger partial charge in [0.1, 0.15) is 18.3 Å². The molecular weight excluding hydrogens is 629 g/mol. The van der Waals surface area contributed by atoms with Crippen molar-refractivity contribution in [2.75, 3.05) is 38.2 Å². The molecule has 238 valence electrons. The lowest BCUT2D eigenvalue weighted by Crippen LogP contribution is -2.51. The molecule has 1 atom stereocenters. The van der Waals surface area contributed by atoms with E-state index in [0.29, 0.717) is 41.7 Å². The first-order valence-electron chi connectivity index (χ1n) is 13.9. The van der Waals surface area contributed by atoms with Gasteiger partial charge in [0.2, 0.25) is 11.8 Å². The zero-order chi connectivity index (χ0) is 32.4. The largest absolute Gasteiger partial charge is 0.494 e. The summed E-state index contributed by atoms with van der Waals surface area (Å²) in [5, 5.41) is 3.43. The fourth-order valence-corrected chi connectivity index (χ4v) is 6.07. The van der Waals surface area contributed by atoms with E-state index >= 15 is 0 Å². The van der Waals surface area contributed by atoms with Crippen LogP contribution in [-0.2, 0) is 26.2 Å². The van der Waals surface area contributed by atoms with Crippen molar-refractivity contribution in [2.24, 2.45) is 0 Å². The van der Waals surface area contributed by atoms with Crippen LogP contribution in [0.15, 0.2) is 65.6 Å². The van der Waals surface area contributed by atoms with Crippen molar-refractivity contribution in [2.45, 2.75) is 44.7 Å². The van der Waals surface area contributed by atoms with Gasteiger partial charge in [0, 0.05) is 19.2 Å². The van der Waals surface area contributed by atoms with Gasteiger partial charge in [-0.1, -0.05) is 36.2 Å². The Morgan fingerprint density at radius 1 is 0.909 bits per heavy atom. The van der Waals surface area contributed by atoms with Gasteiger partial charge in [0.25, 0.3) is 10.0 Å². The maximum absolute atomic E-state index is 14.2. The highest BCUT2D eigenvalue weighted by Crippen LogP contribution is 2.33. The number of hydrogen-bond donors (Lipinski definition) is 1. The predicted molar refractivity (Wildman–Crippen MR) is 171 cm³/mol. The maximum Gasteiger partial charge on any atom is 0.264 e. The van der Waals surface area contributed by atoms with E-state index < -0.39 is 28.5 Å². The second-order valence-corrected chi connectivity index (χ2v) is 12.4. The summed E-state index contributed by atoms with van der Waals surface area (Å²) in [7, 11) is -1.50. The molecule has 0 saturated heterocycles. The molecule has 44 heavy (non-hydrogen) atoms. The molecule has 0 aromatic heterocycles. The Kier molecular flexibility index (Phi) is 12.6. The molecule has 1 unspecified atom stereocenters. The van der Waals surface area contributed by atoms with Gasteiger partial charge in [-0.15, -0.1) is 0 Å².